The number of nitrogens with one attached hydrogen (secondary N) is 1. The van der Waals surface area contributed by atoms with Crippen LogP contribution in [0.25, 0.3) is 26.5 Å². The lowest BCUT2D eigenvalue weighted by Gasteiger charge is -2.16. The van der Waals surface area contributed by atoms with Gasteiger partial charge in [0.05, 0.1) is 24.4 Å². The van der Waals surface area contributed by atoms with Crippen molar-refractivity contribution in [3.8, 4) is 33.5 Å². The second-order valence-corrected chi connectivity index (χ2v) is 9.91. The van der Waals surface area contributed by atoms with Crippen LogP contribution in [0.1, 0.15) is 18.2 Å². The Balaban J connectivity index is 1.68. The van der Waals surface area contributed by atoms with Gasteiger partial charge in [0, 0.05) is 33.8 Å². The van der Waals surface area contributed by atoms with Crippen LogP contribution in [0.2, 0.25) is 5.02 Å². The van der Waals surface area contributed by atoms with Gasteiger partial charge in [-0.1, -0.05) is 47.6 Å². The Morgan fingerprint density at radius 1 is 1.16 bits per heavy atom. The summed E-state index contributed by atoms with van der Waals surface area (Å²) < 4.78 is 5.46. The van der Waals surface area contributed by atoms with E-state index in [1.165, 1.54) is 11.8 Å². The molecule has 0 amide bonds. The Labute approximate surface area is 228 Å². The first-order chi connectivity index (χ1) is 18.1. The van der Waals surface area contributed by atoms with Crippen LogP contribution < -0.4 is 10.1 Å². The molecule has 0 saturated heterocycles. The summed E-state index contributed by atoms with van der Waals surface area (Å²) in [6, 6.07) is 17.0. The van der Waals surface area contributed by atoms with Crippen molar-refractivity contribution in [2.75, 3.05) is 25.1 Å². The van der Waals surface area contributed by atoms with Crippen molar-refractivity contribution in [2.24, 2.45) is 0 Å². The molecule has 2 N–H and O–H groups in total. The molecule has 0 unspecified atom stereocenters. The zero-order valence-corrected chi connectivity index (χ0v) is 22.3. The highest BCUT2D eigenvalue weighted by Gasteiger charge is 2.22. The van der Waals surface area contributed by atoms with Gasteiger partial charge < -0.3 is 15.2 Å². The molecule has 7 nitrogen and oxygen atoms in total. The summed E-state index contributed by atoms with van der Waals surface area (Å²) in [7, 11) is 0. The second-order valence-electron chi connectivity index (χ2n) is 7.65. The van der Waals surface area contributed by atoms with Gasteiger partial charge in [-0.3, -0.25) is 0 Å². The van der Waals surface area contributed by atoms with Crippen molar-refractivity contribution < 1.29 is 9.84 Å². The summed E-state index contributed by atoms with van der Waals surface area (Å²) in [5.74, 6) is 1.55. The summed E-state index contributed by atoms with van der Waals surface area (Å²) in [5, 5.41) is 26.4. The van der Waals surface area contributed by atoms with Crippen molar-refractivity contribution in [3.05, 3.63) is 81.6 Å². The summed E-state index contributed by atoms with van der Waals surface area (Å²) in [6.45, 7) is 10.4. The average Bonchev–Trinajstić information content (AvgIpc) is 3.40. The molecular formula is C27H22ClN5O2S2. The highest BCUT2D eigenvalue weighted by Crippen LogP contribution is 2.43. The first-order valence-corrected chi connectivity index (χ1v) is 13.6. The smallest absolute Gasteiger partial charge is 0.237 e. The molecule has 2 aromatic heterocycles. The Kier molecular flexibility index (Phi) is 8.99. The molecule has 0 aliphatic carbocycles. The molecule has 4 rings (SSSR count). The number of thiazole rings is 1. The number of rotatable bonds is 10. The number of ether oxygens (including phenoxy) is 1. The minimum Gasteiger partial charge on any atom is -0.491 e. The normalized spacial score (nSPS) is 10.5. The minimum atomic E-state index is -0.0840. The molecule has 0 saturated carbocycles. The zero-order chi connectivity index (χ0) is 26.2. The lowest BCUT2D eigenvalue weighted by atomic mass is 9.99. The van der Waals surface area contributed by atoms with E-state index in [0.29, 0.717) is 56.3 Å². The van der Waals surface area contributed by atoms with Crippen molar-refractivity contribution in [1.29, 1.82) is 5.26 Å². The first kappa shape index (κ1) is 26.5. The van der Waals surface area contributed by atoms with Gasteiger partial charge in [-0.15, -0.1) is 11.3 Å². The predicted octanol–water partition coefficient (Wildman–Crippen LogP) is 7.04. The van der Waals surface area contributed by atoms with Crippen molar-refractivity contribution in [3.63, 3.8) is 0 Å². The molecular weight excluding hydrogens is 526 g/mol. The number of anilines is 1. The van der Waals surface area contributed by atoms with E-state index in [2.05, 4.69) is 21.2 Å². The van der Waals surface area contributed by atoms with E-state index in [-0.39, 0.29) is 13.2 Å². The lowest BCUT2D eigenvalue weighted by molar-refractivity contribution is 0.201. The largest absolute Gasteiger partial charge is 0.491 e. The summed E-state index contributed by atoms with van der Waals surface area (Å²) in [4.78, 5) is 13.1. The number of nitriles is 1. The molecule has 0 fully saturated rings. The number of aromatic nitrogens is 2. The fourth-order valence-electron chi connectivity index (χ4n) is 3.56. The van der Waals surface area contributed by atoms with E-state index in [0.717, 1.165) is 16.3 Å². The van der Waals surface area contributed by atoms with Crippen LogP contribution in [0.5, 0.6) is 5.75 Å². The fourth-order valence-corrected chi connectivity index (χ4v) is 5.50. The minimum absolute atomic E-state index is 0.0840. The molecule has 186 valence electrons. The maximum atomic E-state index is 10.1. The number of pyridine rings is 1. The number of halogens is 1. The maximum Gasteiger partial charge on any atom is 0.237 e. The Morgan fingerprint density at radius 2 is 1.89 bits per heavy atom. The topological polar surface area (TPSA) is 95.4 Å². The van der Waals surface area contributed by atoms with Crippen LogP contribution in [0, 0.1) is 17.9 Å². The number of aliphatic hydroxyl groups is 1. The van der Waals surface area contributed by atoms with Crippen LogP contribution in [0.4, 0.5) is 11.5 Å². The van der Waals surface area contributed by atoms with Crippen molar-refractivity contribution in [1.82, 2.24) is 9.97 Å². The third-order valence-corrected chi connectivity index (χ3v) is 7.41. The standard InChI is InChI=1S/C27H22ClN5O2S2/c1-3-31-25-24(30-2)23(17-6-10-21(11-7-17)35-13-12-34)22(14-29)27(33-25)37-16-20-15-36-26(32-20)18-4-8-19(28)9-5-18/h4-11,15,34H,3,12-13,16H2,1H3,(H,31,33). The van der Waals surface area contributed by atoms with Gasteiger partial charge in [-0.05, 0) is 36.8 Å². The zero-order valence-electron chi connectivity index (χ0n) is 19.9. The van der Waals surface area contributed by atoms with Crippen molar-refractivity contribution >= 4 is 46.2 Å². The number of hydrogen-bond acceptors (Lipinski definition) is 8. The van der Waals surface area contributed by atoms with Gasteiger partial charge in [0.15, 0.2) is 0 Å². The molecule has 0 aliphatic heterocycles. The van der Waals surface area contributed by atoms with Gasteiger partial charge in [0.1, 0.15) is 34.3 Å². The molecule has 0 spiro atoms. The monoisotopic (exact) mass is 547 g/mol. The van der Waals surface area contributed by atoms with Crippen LogP contribution in [0.15, 0.2) is 58.9 Å². The predicted molar refractivity (Wildman–Crippen MR) is 150 cm³/mol. The van der Waals surface area contributed by atoms with Crippen LogP contribution >= 0.6 is 34.7 Å². The molecule has 2 heterocycles. The van der Waals surface area contributed by atoms with E-state index in [9.17, 15) is 5.26 Å². The maximum absolute atomic E-state index is 10.1. The van der Waals surface area contributed by atoms with E-state index < -0.39 is 0 Å². The SMILES string of the molecule is [C-]#[N+]c1c(NCC)nc(SCc2csc(-c3ccc(Cl)cc3)n2)c(C#N)c1-c1ccc(OCCO)cc1. The molecule has 2 aromatic carbocycles. The van der Waals surface area contributed by atoms with Gasteiger partial charge in [0.2, 0.25) is 5.69 Å². The van der Waals surface area contributed by atoms with Crippen LogP contribution in [-0.4, -0.2) is 34.8 Å². The summed E-state index contributed by atoms with van der Waals surface area (Å²) in [5.41, 5.74) is 3.74. The highest BCUT2D eigenvalue weighted by molar-refractivity contribution is 7.98. The average molecular weight is 548 g/mol. The van der Waals surface area contributed by atoms with Gasteiger partial charge in [0.25, 0.3) is 0 Å². The van der Waals surface area contributed by atoms with E-state index in [1.807, 2.05) is 36.6 Å². The molecule has 0 atom stereocenters. The van der Waals surface area contributed by atoms with Crippen LogP contribution in [0.3, 0.4) is 0 Å². The third-order valence-electron chi connectivity index (χ3n) is 5.21. The summed E-state index contributed by atoms with van der Waals surface area (Å²) >= 11 is 8.96. The van der Waals surface area contributed by atoms with E-state index in [1.54, 1.807) is 35.6 Å². The van der Waals surface area contributed by atoms with E-state index in [4.69, 9.17) is 33.0 Å². The van der Waals surface area contributed by atoms with Crippen LogP contribution in [-0.2, 0) is 5.75 Å². The molecule has 0 aliphatic rings. The summed E-state index contributed by atoms with van der Waals surface area (Å²) in [6.07, 6.45) is 0. The number of thioether (sulfide) groups is 1. The molecule has 10 heteroatoms. The molecule has 0 radical (unpaired) electrons. The first-order valence-electron chi connectivity index (χ1n) is 11.3. The molecule has 37 heavy (non-hydrogen) atoms. The second kappa shape index (κ2) is 12.6. The van der Waals surface area contributed by atoms with Gasteiger partial charge in [-0.25, -0.2) is 14.8 Å². The Hall–Kier alpha value is -3.60. The van der Waals surface area contributed by atoms with Crippen molar-refractivity contribution in [2.45, 2.75) is 17.7 Å². The number of aliphatic hydroxyl groups excluding tert-OH is 1. The molecule has 0 bridgehead atoms. The van der Waals surface area contributed by atoms with E-state index >= 15 is 0 Å². The Bertz CT molecular complexity index is 1460. The fraction of sp³-hybridized carbons (Fsp3) is 0.185. The van der Waals surface area contributed by atoms with Gasteiger partial charge >= 0.3 is 0 Å². The number of benzene rings is 2. The number of hydrogen-bond donors (Lipinski definition) is 2. The number of nitrogens with zero attached hydrogens (tertiary/aromatic N) is 4. The van der Waals surface area contributed by atoms with Gasteiger partial charge in [-0.2, -0.15) is 5.26 Å². The lowest BCUT2D eigenvalue weighted by Crippen LogP contribution is -2.04. The quantitative estimate of drug-likeness (QED) is 0.162. The molecule has 4 aromatic rings. The Morgan fingerprint density at radius 3 is 2.54 bits per heavy atom. The third kappa shape index (κ3) is 6.22. The highest BCUT2D eigenvalue weighted by atomic mass is 35.5.